The van der Waals surface area contributed by atoms with Crippen molar-refractivity contribution in [1.82, 2.24) is 9.78 Å². The van der Waals surface area contributed by atoms with Gasteiger partial charge in [-0.1, -0.05) is 17.7 Å². The Morgan fingerprint density at radius 1 is 1.38 bits per heavy atom. The van der Waals surface area contributed by atoms with Crippen molar-refractivity contribution in [1.29, 1.82) is 0 Å². The number of hydrogen-bond acceptors (Lipinski definition) is 2. The second kappa shape index (κ2) is 5.40. The lowest BCUT2D eigenvalue weighted by Crippen LogP contribution is -2.14. The van der Waals surface area contributed by atoms with Crippen LogP contribution in [0.3, 0.4) is 0 Å². The minimum Gasteiger partial charge on any atom is -0.320 e. The molecule has 4 nitrogen and oxygen atoms in total. The van der Waals surface area contributed by atoms with Gasteiger partial charge in [0.1, 0.15) is 5.69 Å². The minimum atomic E-state index is -4.56. The largest absolute Gasteiger partial charge is 0.433 e. The molecular weight excluding hydrogens is 307 g/mol. The highest BCUT2D eigenvalue weighted by molar-refractivity contribution is 6.31. The highest BCUT2D eigenvalue weighted by atomic mass is 35.5. The highest BCUT2D eigenvalue weighted by Gasteiger charge is 2.35. The Morgan fingerprint density at radius 2 is 2.05 bits per heavy atom. The van der Waals surface area contributed by atoms with E-state index in [9.17, 15) is 18.0 Å². The Kier molecular flexibility index (Phi) is 3.95. The molecule has 1 amide bonds. The topological polar surface area (TPSA) is 46.9 Å². The van der Waals surface area contributed by atoms with Crippen LogP contribution in [0.1, 0.15) is 21.7 Å². The van der Waals surface area contributed by atoms with E-state index in [4.69, 9.17) is 11.6 Å². The van der Waals surface area contributed by atoms with Crippen LogP contribution in [0.25, 0.3) is 0 Å². The number of carbonyl (C=O) groups is 1. The molecule has 0 spiro atoms. The Bertz CT molecular complexity index is 694. The van der Waals surface area contributed by atoms with Gasteiger partial charge in [0.05, 0.1) is 0 Å². The van der Waals surface area contributed by atoms with E-state index in [0.29, 0.717) is 27.0 Å². The fourth-order valence-corrected chi connectivity index (χ4v) is 1.95. The van der Waals surface area contributed by atoms with Gasteiger partial charge in [0.25, 0.3) is 5.91 Å². The summed E-state index contributed by atoms with van der Waals surface area (Å²) in [5, 5.41) is 6.52. The predicted octanol–water partition coefficient (Wildman–Crippen LogP) is 3.65. The smallest absolute Gasteiger partial charge is 0.320 e. The molecule has 0 fully saturated rings. The molecule has 2 rings (SSSR count). The van der Waals surface area contributed by atoms with E-state index < -0.39 is 17.8 Å². The molecule has 112 valence electrons. The van der Waals surface area contributed by atoms with Crippen molar-refractivity contribution in [2.75, 3.05) is 5.32 Å². The summed E-state index contributed by atoms with van der Waals surface area (Å²) in [7, 11) is 1.13. The number of halogens is 4. The Hall–Kier alpha value is -2.02. The van der Waals surface area contributed by atoms with Crippen LogP contribution in [0.5, 0.6) is 0 Å². The van der Waals surface area contributed by atoms with Crippen LogP contribution in [0.15, 0.2) is 24.3 Å². The summed E-state index contributed by atoms with van der Waals surface area (Å²) >= 11 is 5.91. The molecule has 1 N–H and O–H groups in total. The maximum absolute atomic E-state index is 12.7. The molecule has 2 aromatic rings. The van der Waals surface area contributed by atoms with E-state index in [1.807, 2.05) is 0 Å². The van der Waals surface area contributed by atoms with Gasteiger partial charge >= 0.3 is 6.18 Å². The Morgan fingerprint density at radius 3 is 2.62 bits per heavy atom. The summed E-state index contributed by atoms with van der Waals surface area (Å²) < 4.78 is 38.6. The van der Waals surface area contributed by atoms with Crippen molar-refractivity contribution in [2.24, 2.45) is 7.05 Å². The molecule has 0 atom stereocenters. The van der Waals surface area contributed by atoms with Crippen LogP contribution in [0.2, 0.25) is 5.02 Å². The van der Waals surface area contributed by atoms with Gasteiger partial charge in [-0.25, -0.2) is 0 Å². The number of aromatic nitrogens is 2. The SMILES string of the molecule is Cc1c(Cl)cccc1NC(=O)c1cc(C(F)(F)F)n(C)n1. The van der Waals surface area contributed by atoms with Gasteiger partial charge < -0.3 is 5.32 Å². The first kappa shape index (κ1) is 15.4. The first-order valence-electron chi connectivity index (χ1n) is 5.88. The molecule has 0 bridgehead atoms. The van der Waals surface area contributed by atoms with Crippen molar-refractivity contribution in [2.45, 2.75) is 13.1 Å². The average molecular weight is 318 g/mol. The van der Waals surface area contributed by atoms with E-state index in [1.165, 1.54) is 0 Å². The molecule has 0 unspecified atom stereocenters. The number of carbonyl (C=O) groups excluding carboxylic acids is 1. The van der Waals surface area contributed by atoms with Crippen LogP contribution >= 0.6 is 11.6 Å². The predicted molar refractivity (Wildman–Crippen MR) is 72.4 cm³/mol. The number of hydrogen-bond donors (Lipinski definition) is 1. The van der Waals surface area contributed by atoms with Crippen molar-refractivity contribution < 1.29 is 18.0 Å². The lowest BCUT2D eigenvalue weighted by molar-refractivity contribution is -0.143. The number of nitrogens with zero attached hydrogens (tertiary/aromatic N) is 2. The molecule has 0 radical (unpaired) electrons. The molecular formula is C13H11ClF3N3O. The first-order valence-corrected chi connectivity index (χ1v) is 6.25. The van der Waals surface area contributed by atoms with Crippen LogP contribution in [-0.4, -0.2) is 15.7 Å². The normalized spacial score (nSPS) is 11.5. The molecule has 8 heteroatoms. The molecule has 0 saturated carbocycles. The maximum Gasteiger partial charge on any atom is 0.433 e. The number of nitrogens with one attached hydrogen (secondary N) is 1. The first-order chi connectivity index (χ1) is 9.70. The van der Waals surface area contributed by atoms with E-state index in [0.717, 1.165) is 7.05 Å². The van der Waals surface area contributed by atoms with Gasteiger partial charge in [0, 0.05) is 23.8 Å². The van der Waals surface area contributed by atoms with Crippen molar-refractivity contribution in [3.05, 3.63) is 46.2 Å². The van der Waals surface area contributed by atoms with Crippen LogP contribution < -0.4 is 5.32 Å². The quantitative estimate of drug-likeness (QED) is 0.919. The fourth-order valence-electron chi connectivity index (χ4n) is 1.77. The standard InChI is InChI=1S/C13H11ClF3N3O/c1-7-8(14)4-3-5-9(7)18-12(21)10-6-11(13(15,16)17)20(2)19-10/h3-6H,1-2H3,(H,18,21). The zero-order chi connectivity index (χ0) is 15.8. The van der Waals surface area contributed by atoms with Crippen LogP contribution in [0, 0.1) is 6.92 Å². The lowest BCUT2D eigenvalue weighted by atomic mass is 10.2. The number of alkyl halides is 3. The molecule has 0 aliphatic rings. The number of rotatable bonds is 2. The average Bonchev–Trinajstić information content (AvgIpc) is 2.77. The van der Waals surface area contributed by atoms with Gasteiger partial charge in [-0.05, 0) is 24.6 Å². The van der Waals surface area contributed by atoms with Gasteiger partial charge in [0.15, 0.2) is 5.69 Å². The Balaban J connectivity index is 2.27. The molecule has 0 aliphatic heterocycles. The summed E-state index contributed by atoms with van der Waals surface area (Å²) in [6.07, 6.45) is -4.56. The minimum absolute atomic E-state index is 0.316. The monoisotopic (exact) mass is 317 g/mol. The summed E-state index contributed by atoms with van der Waals surface area (Å²) in [6.45, 7) is 1.69. The second-order valence-electron chi connectivity index (χ2n) is 4.40. The number of aryl methyl sites for hydroxylation is 1. The molecule has 0 aliphatic carbocycles. The van der Waals surface area contributed by atoms with Crippen molar-refractivity contribution in [3.8, 4) is 0 Å². The molecule has 1 heterocycles. The third kappa shape index (κ3) is 3.18. The van der Waals surface area contributed by atoms with Crippen LogP contribution in [0.4, 0.5) is 18.9 Å². The maximum atomic E-state index is 12.7. The Labute approximate surface area is 123 Å². The van der Waals surface area contributed by atoms with Crippen molar-refractivity contribution >= 4 is 23.2 Å². The van der Waals surface area contributed by atoms with Gasteiger partial charge in [-0.3, -0.25) is 9.48 Å². The molecule has 1 aromatic carbocycles. The summed E-state index contributed by atoms with van der Waals surface area (Å²) in [5.74, 6) is -0.730. The van der Waals surface area contributed by atoms with Gasteiger partial charge in [0.2, 0.25) is 0 Å². The van der Waals surface area contributed by atoms with Crippen molar-refractivity contribution in [3.63, 3.8) is 0 Å². The zero-order valence-electron chi connectivity index (χ0n) is 11.1. The van der Waals surface area contributed by atoms with Crippen LogP contribution in [-0.2, 0) is 13.2 Å². The van der Waals surface area contributed by atoms with Gasteiger partial charge in [-0.15, -0.1) is 0 Å². The summed E-state index contributed by atoms with van der Waals surface area (Å²) in [4.78, 5) is 12.0. The number of anilines is 1. The van der Waals surface area contributed by atoms with E-state index in [2.05, 4.69) is 10.4 Å². The second-order valence-corrected chi connectivity index (χ2v) is 4.81. The fraction of sp³-hybridized carbons (Fsp3) is 0.231. The van der Waals surface area contributed by atoms with E-state index >= 15 is 0 Å². The number of amides is 1. The highest BCUT2D eigenvalue weighted by Crippen LogP contribution is 2.29. The summed E-state index contributed by atoms with van der Waals surface area (Å²) in [5.41, 5.74) is -0.258. The summed E-state index contributed by atoms with van der Waals surface area (Å²) in [6, 6.07) is 5.58. The molecule has 0 saturated heterocycles. The third-order valence-electron chi connectivity index (χ3n) is 2.92. The van der Waals surface area contributed by atoms with Gasteiger partial charge in [-0.2, -0.15) is 18.3 Å². The molecule has 1 aromatic heterocycles. The lowest BCUT2D eigenvalue weighted by Gasteiger charge is -2.07. The zero-order valence-corrected chi connectivity index (χ0v) is 11.9. The molecule has 21 heavy (non-hydrogen) atoms. The van der Waals surface area contributed by atoms with E-state index in [-0.39, 0.29) is 5.69 Å². The third-order valence-corrected chi connectivity index (χ3v) is 3.33. The number of benzene rings is 1. The van der Waals surface area contributed by atoms with E-state index in [1.54, 1.807) is 25.1 Å².